The fourth-order valence-electron chi connectivity index (χ4n) is 7.61. The van der Waals surface area contributed by atoms with Gasteiger partial charge in [-0.3, -0.25) is 34.3 Å². The lowest BCUT2D eigenvalue weighted by Gasteiger charge is -2.35. The number of piperidine rings is 2. The van der Waals surface area contributed by atoms with Crippen LogP contribution in [0.25, 0.3) is 0 Å². The number of nitriles is 1. The number of hydrogen-bond donors (Lipinski definition) is 3. The van der Waals surface area contributed by atoms with E-state index in [1.807, 2.05) is 26.0 Å². The number of aryl methyl sites for hydroxylation is 1. The first-order valence-electron chi connectivity index (χ1n) is 19.3. The summed E-state index contributed by atoms with van der Waals surface area (Å²) in [6.45, 7) is 9.01. The summed E-state index contributed by atoms with van der Waals surface area (Å²) < 4.78 is 47.5. The van der Waals surface area contributed by atoms with Gasteiger partial charge in [-0.1, -0.05) is 18.5 Å². The highest BCUT2D eigenvalue weighted by atomic mass is 35.5. The number of imide groups is 1. The van der Waals surface area contributed by atoms with Crippen LogP contribution in [0.4, 0.5) is 35.9 Å². The number of nitrogens with one attached hydrogen (secondary N) is 3. The first-order chi connectivity index (χ1) is 27.9. The maximum absolute atomic E-state index is 13.7. The fraction of sp³-hybridized carbons (Fsp3) is 0.439. The van der Waals surface area contributed by atoms with Crippen molar-refractivity contribution in [3.8, 4) is 11.8 Å². The monoisotopic (exact) mass is 852 g/mol. The van der Waals surface area contributed by atoms with E-state index in [0.29, 0.717) is 53.2 Å². The van der Waals surface area contributed by atoms with Gasteiger partial charge in [0.25, 0.3) is 5.91 Å². The molecule has 0 aliphatic carbocycles. The maximum Gasteiger partial charge on any atom is 0.419 e. The van der Waals surface area contributed by atoms with E-state index in [2.05, 4.69) is 25.8 Å². The van der Waals surface area contributed by atoms with Gasteiger partial charge in [-0.2, -0.15) is 18.4 Å². The molecule has 1 unspecified atom stereocenters. The molecule has 2 aromatic carbocycles. The van der Waals surface area contributed by atoms with Crippen LogP contribution in [-0.2, 0) is 31.8 Å². The molecule has 3 saturated heterocycles. The Morgan fingerprint density at radius 3 is 2.47 bits per heavy atom. The van der Waals surface area contributed by atoms with Crippen molar-refractivity contribution >= 4 is 75.3 Å². The molecular weight excluding hydrogens is 809 g/mol. The van der Waals surface area contributed by atoms with Crippen molar-refractivity contribution in [2.24, 2.45) is 5.92 Å². The Balaban J connectivity index is 1.02. The van der Waals surface area contributed by atoms with Crippen molar-refractivity contribution in [3.05, 3.63) is 70.5 Å². The van der Waals surface area contributed by atoms with E-state index >= 15 is 0 Å². The standard InChI is InChI=1S/C41H44ClF3N8O5S/c1-5-25-16-29(53-39(59)52(38(57)40(53,3)4)30-20-31(41(43,44)45)33(21-46)47-22-30)6-8-34(25)58-15-12-24-10-13-51(14-11-24)23(2)36(55)49-28-18-26(42)17-27(19-28)48-32-7-9-35(54)50-37(32)56/h6,8,16-20,22-24,32,48H,5,7,9-15H2,1-4H3,(H,49,55)(H,50,54,56)/t23-,32?/m1/s1. The number of nitrogens with zero attached hydrogens (tertiary/aromatic N) is 5. The Morgan fingerprint density at radius 1 is 1.10 bits per heavy atom. The van der Waals surface area contributed by atoms with E-state index in [9.17, 15) is 37.6 Å². The minimum atomic E-state index is -4.86. The molecule has 3 aromatic rings. The molecule has 3 aliphatic heterocycles. The van der Waals surface area contributed by atoms with E-state index in [1.165, 1.54) is 6.07 Å². The molecule has 13 nitrogen and oxygen atoms in total. The minimum absolute atomic E-state index is 0.0218. The number of amides is 4. The van der Waals surface area contributed by atoms with Crippen LogP contribution in [-0.4, -0.2) is 75.9 Å². The number of thiocarbonyl (C=S) groups is 1. The fourth-order valence-corrected chi connectivity index (χ4v) is 8.37. The second-order valence-electron chi connectivity index (χ2n) is 15.3. The quantitative estimate of drug-likeness (QED) is 0.130. The van der Waals surface area contributed by atoms with Gasteiger partial charge in [0, 0.05) is 28.5 Å². The van der Waals surface area contributed by atoms with Crippen molar-refractivity contribution in [2.75, 3.05) is 40.1 Å². The van der Waals surface area contributed by atoms with Gasteiger partial charge in [0.15, 0.2) is 10.8 Å². The highest BCUT2D eigenvalue weighted by Gasteiger charge is 2.51. The van der Waals surface area contributed by atoms with E-state index < -0.39 is 46.9 Å². The Bertz CT molecular complexity index is 2210. The summed E-state index contributed by atoms with van der Waals surface area (Å²) in [5, 5.41) is 17.9. The average molecular weight is 853 g/mol. The number of ether oxygens (including phenoxy) is 1. The van der Waals surface area contributed by atoms with E-state index in [-0.39, 0.29) is 29.0 Å². The molecule has 4 heterocycles. The zero-order chi connectivity index (χ0) is 42.8. The van der Waals surface area contributed by atoms with Gasteiger partial charge in [-0.25, -0.2) is 4.98 Å². The Labute approximate surface area is 350 Å². The number of hydrogen-bond acceptors (Lipinski definition) is 10. The zero-order valence-electron chi connectivity index (χ0n) is 32.9. The second-order valence-corrected chi connectivity index (χ2v) is 16.1. The third kappa shape index (κ3) is 9.45. The summed E-state index contributed by atoms with van der Waals surface area (Å²) in [4.78, 5) is 59.1. The molecule has 0 bridgehead atoms. The van der Waals surface area contributed by atoms with Crippen molar-refractivity contribution in [1.82, 2.24) is 15.2 Å². The van der Waals surface area contributed by atoms with Gasteiger partial charge in [-0.05, 0) is 132 Å². The summed E-state index contributed by atoms with van der Waals surface area (Å²) in [7, 11) is 0. The largest absolute Gasteiger partial charge is 0.493 e. The lowest BCUT2D eigenvalue weighted by molar-refractivity contribution is -0.138. The first kappa shape index (κ1) is 43.3. The molecule has 3 fully saturated rings. The SMILES string of the molecule is CCc1cc(N2C(=S)N(c3cnc(C#N)c(C(F)(F)F)c3)C(=O)C2(C)C)ccc1OCCC1CCN([C@H](C)C(=O)Nc2cc(Cl)cc(NC3CCC(=O)NC3=O)c2)CC1. The molecule has 18 heteroatoms. The number of aromatic nitrogens is 1. The summed E-state index contributed by atoms with van der Waals surface area (Å²) in [6.07, 6.45) is -0.0784. The summed E-state index contributed by atoms with van der Waals surface area (Å²) in [6, 6.07) is 11.6. The number of halogens is 4. The molecule has 6 rings (SSSR count). The molecule has 0 radical (unpaired) electrons. The van der Waals surface area contributed by atoms with Crippen molar-refractivity contribution in [1.29, 1.82) is 5.26 Å². The van der Waals surface area contributed by atoms with Crippen LogP contribution < -0.4 is 30.5 Å². The number of anilines is 4. The van der Waals surface area contributed by atoms with Crippen molar-refractivity contribution < 1.29 is 37.1 Å². The molecule has 1 aromatic heterocycles. The highest BCUT2D eigenvalue weighted by Crippen LogP contribution is 2.40. The molecular formula is C41H44ClF3N8O5S. The number of benzene rings is 2. The van der Waals surface area contributed by atoms with Gasteiger partial charge in [0.1, 0.15) is 23.4 Å². The normalized spacial score (nSPS) is 19.3. The zero-order valence-corrected chi connectivity index (χ0v) is 34.5. The molecule has 2 atom stereocenters. The van der Waals surface area contributed by atoms with Gasteiger partial charge < -0.3 is 20.3 Å². The van der Waals surface area contributed by atoms with Gasteiger partial charge in [-0.15, -0.1) is 0 Å². The summed E-state index contributed by atoms with van der Waals surface area (Å²) >= 11 is 12.0. The molecule has 0 spiro atoms. The lowest BCUT2D eigenvalue weighted by Crippen LogP contribution is -2.47. The number of carbonyl (C=O) groups excluding carboxylic acids is 4. The number of alkyl halides is 3. The maximum atomic E-state index is 13.7. The Kier molecular flexibility index (Phi) is 12.8. The molecule has 0 saturated carbocycles. The minimum Gasteiger partial charge on any atom is -0.493 e. The first-order valence-corrected chi connectivity index (χ1v) is 20.1. The highest BCUT2D eigenvalue weighted by molar-refractivity contribution is 7.81. The Hall–Kier alpha value is -5.31. The average Bonchev–Trinajstić information content (AvgIpc) is 3.36. The van der Waals surface area contributed by atoms with Crippen LogP contribution in [0.3, 0.4) is 0 Å². The number of rotatable bonds is 12. The topological polar surface area (TPSA) is 160 Å². The smallest absolute Gasteiger partial charge is 0.419 e. The van der Waals surface area contributed by atoms with Crippen molar-refractivity contribution in [3.63, 3.8) is 0 Å². The van der Waals surface area contributed by atoms with E-state index in [1.54, 1.807) is 43.0 Å². The number of carbonyl (C=O) groups is 4. The number of likely N-dealkylation sites (tertiary alicyclic amines) is 1. The van der Waals surface area contributed by atoms with Gasteiger partial charge >= 0.3 is 6.18 Å². The summed E-state index contributed by atoms with van der Waals surface area (Å²) in [5.41, 5.74) is -1.02. The molecule has 3 aliphatic rings. The third-order valence-corrected chi connectivity index (χ3v) is 11.6. The van der Waals surface area contributed by atoms with Gasteiger partial charge in [0.05, 0.1) is 30.1 Å². The molecule has 4 amide bonds. The Morgan fingerprint density at radius 2 is 1.81 bits per heavy atom. The van der Waals surface area contributed by atoms with Gasteiger partial charge in [0.2, 0.25) is 17.7 Å². The lowest BCUT2D eigenvalue weighted by atomic mass is 9.93. The van der Waals surface area contributed by atoms with Crippen molar-refractivity contribution in [2.45, 2.75) is 90.0 Å². The van der Waals surface area contributed by atoms with E-state index in [4.69, 9.17) is 28.6 Å². The predicted octanol–water partition coefficient (Wildman–Crippen LogP) is 6.83. The molecule has 59 heavy (non-hydrogen) atoms. The molecule has 312 valence electrons. The second kappa shape index (κ2) is 17.5. The number of pyridine rings is 1. The van der Waals surface area contributed by atoms with Crippen LogP contribution in [0.1, 0.15) is 76.6 Å². The third-order valence-electron chi connectivity index (χ3n) is 11.0. The van der Waals surface area contributed by atoms with Crippen LogP contribution in [0.15, 0.2) is 48.7 Å². The van der Waals surface area contributed by atoms with Crippen LogP contribution in [0, 0.1) is 17.2 Å². The van der Waals surface area contributed by atoms with Crippen LogP contribution in [0.2, 0.25) is 5.02 Å². The van der Waals surface area contributed by atoms with Crippen LogP contribution >= 0.6 is 23.8 Å². The van der Waals surface area contributed by atoms with Crippen LogP contribution in [0.5, 0.6) is 5.75 Å². The van der Waals surface area contributed by atoms with E-state index in [0.717, 1.165) is 55.1 Å². The molecule has 3 N–H and O–H groups in total. The summed E-state index contributed by atoms with van der Waals surface area (Å²) in [5.74, 6) is -0.388. The predicted molar refractivity (Wildman–Crippen MR) is 220 cm³/mol.